The van der Waals surface area contributed by atoms with Crippen molar-refractivity contribution in [2.75, 3.05) is 11.9 Å². The first-order valence-corrected chi connectivity index (χ1v) is 7.59. The smallest absolute Gasteiger partial charge is 0.252 e. The van der Waals surface area contributed by atoms with Crippen LogP contribution >= 0.6 is 23.2 Å². The van der Waals surface area contributed by atoms with Gasteiger partial charge in [-0.25, -0.2) is 0 Å². The van der Waals surface area contributed by atoms with Crippen molar-refractivity contribution in [3.8, 4) is 0 Å². The van der Waals surface area contributed by atoms with Crippen molar-refractivity contribution < 1.29 is 4.79 Å². The van der Waals surface area contributed by atoms with E-state index in [1.807, 2.05) is 18.2 Å². The highest BCUT2D eigenvalue weighted by Crippen LogP contribution is 2.48. The van der Waals surface area contributed by atoms with E-state index in [0.717, 1.165) is 12.8 Å². The normalized spacial score (nSPS) is 15.4. The number of benzene rings is 1. The van der Waals surface area contributed by atoms with Gasteiger partial charge < -0.3 is 11.1 Å². The number of halogens is 2. The number of carbonyl (C=O) groups excluding carboxylic acids is 1. The predicted molar refractivity (Wildman–Crippen MR) is 86.4 cm³/mol. The number of hydrogen-bond acceptors (Lipinski definition) is 4. The molecule has 1 saturated carbocycles. The fourth-order valence-corrected chi connectivity index (χ4v) is 2.81. The number of carbonyl (C=O) groups is 1. The second kappa shape index (κ2) is 5.74. The van der Waals surface area contributed by atoms with Crippen molar-refractivity contribution in [2.45, 2.75) is 18.3 Å². The van der Waals surface area contributed by atoms with Crippen LogP contribution in [0.4, 0.5) is 5.82 Å². The quantitative estimate of drug-likeness (QED) is 0.879. The molecule has 1 aromatic carbocycles. The van der Waals surface area contributed by atoms with Crippen molar-refractivity contribution >= 4 is 34.9 Å². The first-order valence-electron chi connectivity index (χ1n) is 6.83. The van der Waals surface area contributed by atoms with Gasteiger partial charge in [0.25, 0.3) is 5.91 Å². The highest BCUT2D eigenvalue weighted by Gasteiger charge is 2.44. The lowest BCUT2D eigenvalue weighted by Gasteiger charge is -2.18. The Morgan fingerprint density at radius 3 is 2.68 bits per heavy atom. The second-order valence-corrected chi connectivity index (χ2v) is 6.26. The standard InChI is InChI=1S/C15H14Cl2N4O/c16-10-3-1-2-9(6-10)15(4-5-15)8-19-14-11(13(18)22)7-12(17)20-21-14/h1-3,6-7H,4-5,8H2,(H2,18,22)(H,19,21). The third-order valence-corrected chi connectivity index (χ3v) is 4.33. The van der Waals surface area contributed by atoms with Gasteiger partial charge in [0, 0.05) is 17.0 Å². The second-order valence-electron chi connectivity index (χ2n) is 5.44. The molecule has 3 N–H and O–H groups in total. The van der Waals surface area contributed by atoms with E-state index in [0.29, 0.717) is 17.4 Å². The number of nitrogens with two attached hydrogens (primary N) is 1. The van der Waals surface area contributed by atoms with Crippen LogP contribution in [0.1, 0.15) is 28.8 Å². The van der Waals surface area contributed by atoms with E-state index in [4.69, 9.17) is 28.9 Å². The molecule has 22 heavy (non-hydrogen) atoms. The Morgan fingerprint density at radius 1 is 1.27 bits per heavy atom. The summed E-state index contributed by atoms with van der Waals surface area (Å²) in [6.45, 7) is 0.629. The number of hydrogen-bond donors (Lipinski definition) is 2. The predicted octanol–water partition coefficient (Wildman–Crippen LogP) is 3.03. The van der Waals surface area contributed by atoms with Gasteiger partial charge in [-0.2, -0.15) is 0 Å². The van der Waals surface area contributed by atoms with Crippen LogP contribution in [0.2, 0.25) is 10.2 Å². The molecule has 0 unspecified atom stereocenters. The minimum atomic E-state index is -0.591. The van der Waals surface area contributed by atoms with Crippen molar-refractivity contribution in [2.24, 2.45) is 5.73 Å². The van der Waals surface area contributed by atoms with Gasteiger partial charge in [0.1, 0.15) is 0 Å². The summed E-state index contributed by atoms with van der Waals surface area (Å²) >= 11 is 11.8. The molecule has 5 nitrogen and oxygen atoms in total. The molecule has 0 saturated heterocycles. The Morgan fingerprint density at radius 2 is 2.05 bits per heavy atom. The van der Waals surface area contributed by atoms with Crippen LogP contribution in [-0.2, 0) is 5.41 Å². The lowest BCUT2D eigenvalue weighted by atomic mass is 9.96. The fourth-order valence-electron chi connectivity index (χ4n) is 2.48. The van der Waals surface area contributed by atoms with Crippen LogP contribution < -0.4 is 11.1 Å². The molecule has 3 rings (SSSR count). The maximum absolute atomic E-state index is 11.5. The van der Waals surface area contributed by atoms with Gasteiger partial charge in [0.15, 0.2) is 11.0 Å². The number of amides is 1. The molecule has 1 aliphatic rings. The number of nitrogens with one attached hydrogen (secondary N) is 1. The molecule has 1 fully saturated rings. The van der Waals surface area contributed by atoms with Crippen LogP contribution in [0, 0.1) is 0 Å². The lowest BCUT2D eigenvalue weighted by molar-refractivity contribution is 0.100. The highest BCUT2D eigenvalue weighted by atomic mass is 35.5. The van der Waals surface area contributed by atoms with E-state index < -0.39 is 5.91 Å². The summed E-state index contributed by atoms with van der Waals surface area (Å²) in [7, 11) is 0. The molecular weight excluding hydrogens is 323 g/mol. The van der Waals surface area contributed by atoms with Crippen molar-refractivity contribution in [3.63, 3.8) is 0 Å². The van der Waals surface area contributed by atoms with E-state index in [2.05, 4.69) is 21.6 Å². The van der Waals surface area contributed by atoms with Crippen LogP contribution in [0.25, 0.3) is 0 Å². The van der Waals surface area contributed by atoms with Gasteiger partial charge in [-0.1, -0.05) is 35.3 Å². The molecular formula is C15H14Cl2N4O. The Kier molecular flexibility index (Phi) is 3.93. The maximum Gasteiger partial charge on any atom is 0.252 e. The number of anilines is 1. The molecule has 7 heteroatoms. The third-order valence-electron chi connectivity index (χ3n) is 3.91. The number of aromatic nitrogens is 2. The molecule has 1 heterocycles. The summed E-state index contributed by atoms with van der Waals surface area (Å²) in [6.07, 6.45) is 2.10. The van der Waals surface area contributed by atoms with E-state index in [1.54, 1.807) is 0 Å². The van der Waals surface area contributed by atoms with E-state index in [-0.39, 0.29) is 16.1 Å². The largest absolute Gasteiger partial charge is 0.367 e. The fraction of sp³-hybridized carbons (Fsp3) is 0.267. The molecule has 1 amide bonds. The van der Waals surface area contributed by atoms with Gasteiger partial charge >= 0.3 is 0 Å². The molecule has 0 spiro atoms. The zero-order valence-corrected chi connectivity index (χ0v) is 13.2. The van der Waals surface area contributed by atoms with E-state index in [1.165, 1.54) is 11.6 Å². The average Bonchev–Trinajstić information content (AvgIpc) is 3.27. The lowest BCUT2D eigenvalue weighted by Crippen LogP contribution is -2.23. The Labute approximate surface area is 137 Å². The summed E-state index contributed by atoms with van der Waals surface area (Å²) in [5.74, 6) is -0.239. The van der Waals surface area contributed by atoms with E-state index in [9.17, 15) is 4.79 Å². The molecule has 1 aliphatic carbocycles. The van der Waals surface area contributed by atoms with Gasteiger partial charge in [-0.3, -0.25) is 4.79 Å². The summed E-state index contributed by atoms with van der Waals surface area (Å²) in [5.41, 5.74) is 6.78. The SMILES string of the molecule is NC(=O)c1cc(Cl)nnc1NCC1(c2cccc(Cl)c2)CC1. The number of rotatable bonds is 5. The summed E-state index contributed by atoms with van der Waals surface area (Å²) in [4.78, 5) is 11.5. The van der Waals surface area contributed by atoms with Crippen LogP contribution in [-0.4, -0.2) is 22.6 Å². The minimum Gasteiger partial charge on any atom is -0.367 e. The molecule has 2 aromatic rings. The Bertz CT molecular complexity index is 731. The number of nitrogens with zero attached hydrogens (tertiary/aromatic N) is 2. The minimum absolute atomic E-state index is 0.0150. The highest BCUT2D eigenvalue weighted by molar-refractivity contribution is 6.30. The molecule has 114 valence electrons. The summed E-state index contributed by atoms with van der Waals surface area (Å²) < 4.78 is 0. The monoisotopic (exact) mass is 336 g/mol. The van der Waals surface area contributed by atoms with Gasteiger partial charge in [-0.05, 0) is 36.6 Å². The molecule has 0 atom stereocenters. The average molecular weight is 337 g/mol. The molecule has 1 aromatic heterocycles. The summed E-state index contributed by atoms with van der Waals surface area (Å²) in [6, 6.07) is 9.24. The maximum atomic E-state index is 11.5. The molecule has 0 radical (unpaired) electrons. The first-order chi connectivity index (χ1) is 10.5. The zero-order chi connectivity index (χ0) is 15.7. The van der Waals surface area contributed by atoms with Gasteiger partial charge in [0.05, 0.1) is 5.56 Å². The van der Waals surface area contributed by atoms with E-state index >= 15 is 0 Å². The number of primary amides is 1. The van der Waals surface area contributed by atoms with Crippen LogP contribution in [0.5, 0.6) is 0 Å². The Balaban J connectivity index is 1.80. The van der Waals surface area contributed by atoms with Crippen molar-refractivity contribution in [3.05, 3.63) is 51.6 Å². The zero-order valence-electron chi connectivity index (χ0n) is 11.6. The molecule has 0 aliphatic heterocycles. The van der Waals surface area contributed by atoms with Gasteiger partial charge in [-0.15, -0.1) is 10.2 Å². The Hall–Kier alpha value is -1.85. The van der Waals surface area contributed by atoms with Crippen LogP contribution in [0.3, 0.4) is 0 Å². The van der Waals surface area contributed by atoms with Crippen molar-refractivity contribution in [1.82, 2.24) is 10.2 Å². The topological polar surface area (TPSA) is 80.9 Å². The van der Waals surface area contributed by atoms with Crippen LogP contribution in [0.15, 0.2) is 30.3 Å². The summed E-state index contributed by atoms with van der Waals surface area (Å²) in [5, 5.41) is 11.7. The first kappa shape index (κ1) is 15.1. The third kappa shape index (κ3) is 3.00. The van der Waals surface area contributed by atoms with Crippen molar-refractivity contribution in [1.29, 1.82) is 0 Å². The molecule has 0 bridgehead atoms. The van der Waals surface area contributed by atoms with Gasteiger partial charge in [0.2, 0.25) is 0 Å².